The third-order valence-corrected chi connectivity index (χ3v) is 4.19. The highest BCUT2D eigenvalue weighted by atomic mass is 19.3. The number of benzene rings is 2. The van der Waals surface area contributed by atoms with Crippen LogP contribution in [0.5, 0.6) is 17.2 Å². The number of hydrogen-bond donors (Lipinski definition) is 0. The fraction of sp³-hybridized carbons (Fsp3) is 0.143. The van der Waals surface area contributed by atoms with Gasteiger partial charge in [0.25, 0.3) is 5.89 Å². The average molecular weight is 450 g/mol. The molecule has 0 aliphatic heterocycles. The third kappa shape index (κ3) is 4.66. The van der Waals surface area contributed by atoms with Crippen molar-refractivity contribution >= 4 is 0 Å². The van der Waals surface area contributed by atoms with Gasteiger partial charge in [-0.05, 0) is 42.5 Å². The van der Waals surface area contributed by atoms with E-state index in [9.17, 15) is 17.6 Å². The first-order chi connectivity index (χ1) is 15.4. The van der Waals surface area contributed by atoms with Crippen LogP contribution in [0.3, 0.4) is 0 Å². The van der Waals surface area contributed by atoms with Crippen LogP contribution in [0.4, 0.5) is 17.6 Å². The first-order valence-electron chi connectivity index (χ1n) is 9.06. The van der Waals surface area contributed by atoms with Gasteiger partial charge in [0.2, 0.25) is 5.89 Å². The Morgan fingerprint density at radius 2 is 1.66 bits per heavy atom. The lowest BCUT2D eigenvalue weighted by atomic mass is 10.2. The molecule has 7 nitrogen and oxygen atoms in total. The van der Waals surface area contributed by atoms with E-state index >= 15 is 0 Å². The summed E-state index contributed by atoms with van der Waals surface area (Å²) in [4.78, 5) is 0. The predicted molar refractivity (Wildman–Crippen MR) is 101 cm³/mol. The molecule has 166 valence electrons. The lowest BCUT2D eigenvalue weighted by Crippen LogP contribution is -2.03. The number of halogens is 4. The summed E-state index contributed by atoms with van der Waals surface area (Å²) in [5.74, 6) is -1.06. The molecular weight excluding hydrogens is 436 g/mol. The van der Waals surface area contributed by atoms with Gasteiger partial charge in [-0.25, -0.2) is 8.78 Å². The first-order valence-corrected chi connectivity index (χ1v) is 9.06. The number of alkyl halides is 2. The summed E-state index contributed by atoms with van der Waals surface area (Å²) in [6.45, 7) is -3.12. The number of ether oxygens (including phenoxy) is 3. The topological polar surface area (TPSA) is 79.8 Å². The van der Waals surface area contributed by atoms with Gasteiger partial charge >= 0.3 is 6.61 Å². The number of hydrogen-bond acceptors (Lipinski definition) is 7. The van der Waals surface area contributed by atoms with Crippen molar-refractivity contribution in [3.05, 3.63) is 65.9 Å². The van der Waals surface area contributed by atoms with E-state index in [0.29, 0.717) is 17.4 Å². The van der Waals surface area contributed by atoms with Crippen molar-refractivity contribution in [2.45, 2.75) is 13.2 Å². The smallest absolute Gasteiger partial charge is 0.387 e. The van der Waals surface area contributed by atoms with Gasteiger partial charge in [0.1, 0.15) is 18.2 Å². The van der Waals surface area contributed by atoms with Crippen LogP contribution in [-0.4, -0.2) is 23.9 Å². The molecule has 0 saturated carbocycles. The Bertz CT molecular complexity index is 1220. The van der Waals surface area contributed by atoms with Crippen LogP contribution in [0.1, 0.15) is 5.76 Å². The number of furan rings is 1. The van der Waals surface area contributed by atoms with Crippen molar-refractivity contribution in [3.8, 4) is 40.4 Å². The average Bonchev–Trinajstić information content (AvgIpc) is 3.43. The summed E-state index contributed by atoms with van der Waals surface area (Å²) >= 11 is 0. The van der Waals surface area contributed by atoms with Gasteiger partial charge in [0.15, 0.2) is 28.8 Å². The molecule has 2 heterocycles. The zero-order valence-corrected chi connectivity index (χ0v) is 16.4. The first kappa shape index (κ1) is 21.2. The van der Waals surface area contributed by atoms with Gasteiger partial charge in [-0.3, -0.25) is 0 Å². The number of aromatic nitrogens is 2. The largest absolute Gasteiger partial charge is 0.493 e. The Hall–Kier alpha value is -4.02. The highest BCUT2D eigenvalue weighted by Gasteiger charge is 2.17. The Labute approximate surface area is 178 Å². The highest BCUT2D eigenvalue weighted by molar-refractivity contribution is 5.60. The molecule has 0 fully saturated rings. The van der Waals surface area contributed by atoms with E-state index in [4.69, 9.17) is 18.3 Å². The fourth-order valence-corrected chi connectivity index (χ4v) is 2.74. The molecule has 32 heavy (non-hydrogen) atoms. The van der Waals surface area contributed by atoms with Crippen LogP contribution < -0.4 is 14.2 Å². The van der Waals surface area contributed by atoms with Gasteiger partial charge < -0.3 is 23.0 Å². The maximum absolute atomic E-state index is 13.6. The zero-order chi connectivity index (χ0) is 22.7. The van der Waals surface area contributed by atoms with Gasteiger partial charge in [-0.15, -0.1) is 10.2 Å². The molecule has 0 bridgehead atoms. The maximum Gasteiger partial charge on any atom is 0.387 e. The molecule has 0 spiro atoms. The quantitative estimate of drug-likeness (QED) is 0.330. The second kappa shape index (κ2) is 9.00. The molecule has 0 atom stereocenters. The fourth-order valence-electron chi connectivity index (χ4n) is 2.74. The lowest BCUT2D eigenvalue weighted by Gasteiger charge is -2.10. The van der Waals surface area contributed by atoms with E-state index in [1.807, 2.05) is 0 Å². The summed E-state index contributed by atoms with van der Waals surface area (Å²) in [7, 11) is 1.31. The molecule has 0 saturated heterocycles. The highest BCUT2D eigenvalue weighted by Crippen LogP contribution is 2.34. The molecule has 0 unspecified atom stereocenters. The zero-order valence-electron chi connectivity index (χ0n) is 16.4. The normalized spacial score (nSPS) is 11.1. The Morgan fingerprint density at radius 1 is 0.875 bits per heavy atom. The Kier molecular flexibility index (Phi) is 5.97. The van der Waals surface area contributed by atoms with Crippen LogP contribution in [-0.2, 0) is 6.61 Å². The maximum atomic E-state index is 13.6. The molecule has 0 amide bonds. The van der Waals surface area contributed by atoms with Crippen LogP contribution in [0.15, 0.2) is 57.4 Å². The van der Waals surface area contributed by atoms with E-state index in [-0.39, 0.29) is 41.4 Å². The summed E-state index contributed by atoms with van der Waals surface area (Å²) in [6.07, 6.45) is 0. The SMILES string of the molecule is COc1cc(-c2nnc(-c3ccc(COc4ccc(F)cc4F)o3)o2)ccc1OC(F)F. The lowest BCUT2D eigenvalue weighted by molar-refractivity contribution is -0.0512. The molecule has 4 aromatic rings. The van der Waals surface area contributed by atoms with Crippen molar-refractivity contribution in [3.63, 3.8) is 0 Å². The van der Waals surface area contributed by atoms with E-state index in [2.05, 4.69) is 14.9 Å². The van der Waals surface area contributed by atoms with E-state index in [1.165, 1.54) is 31.4 Å². The Balaban J connectivity index is 1.48. The molecule has 4 rings (SSSR count). The molecular formula is C21H14F4N2O5. The van der Waals surface area contributed by atoms with Gasteiger partial charge in [0.05, 0.1) is 7.11 Å². The molecule has 2 aromatic carbocycles. The number of methoxy groups -OCH3 is 1. The van der Waals surface area contributed by atoms with E-state index < -0.39 is 18.2 Å². The Morgan fingerprint density at radius 3 is 2.41 bits per heavy atom. The molecule has 0 aliphatic carbocycles. The molecule has 2 aromatic heterocycles. The molecule has 0 N–H and O–H groups in total. The second-order valence-electron chi connectivity index (χ2n) is 6.29. The third-order valence-electron chi connectivity index (χ3n) is 4.19. The standard InChI is InChI=1S/C21H14F4N2O5/c1-28-18-8-11(2-5-16(18)31-21(24)25)19-26-27-20(32-19)17-7-4-13(30-17)10-29-15-6-3-12(22)9-14(15)23/h2-9,21H,10H2,1H3. The van der Waals surface area contributed by atoms with Crippen LogP contribution >= 0.6 is 0 Å². The van der Waals surface area contributed by atoms with Crippen LogP contribution in [0, 0.1) is 11.6 Å². The van der Waals surface area contributed by atoms with Crippen LogP contribution in [0.2, 0.25) is 0 Å². The van der Waals surface area contributed by atoms with Crippen molar-refractivity contribution in [2.24, 2.45) is 0 Å². The minimum absolute atomic E-state index is 0.0473. The van der Waals surface area contributed by atoms with Crippen molar-refractivity contribution < 1.29 is 40.6 Å². The number of nitrogens with zero attached hydrogens (tertiary/aromatic N) is 2. The molecule has 0 aliphatic rings. The minimum Gasteiger partial charge on any atom is -0.493 e. The van der Waals surface area contributed by atoms with Crippen LogP contribution in [0.25, 0.3) is 23.1 Å². The summed E-state index contributed by atoms with van der Waals surface area (Å²) in [6, 6.07) is 10.2. The summed E-state index contributed by atoms with van der Waals surface area (Å²) in [5, 5.41) is 7.81. The van der Waals surface area contributed by atoms with Gasteiger partial charge in [-0.1, -0.05) is 0 Å². The summed E-state index contributed by atoms with van der Waals surface area (Å²) < 4.78 is 77.4. The molecule has 11 heteroatoms. The second-order valence-corrected chi connectivity index (χ2v) is 6.29. The van der Waals surface area contributed by atoms with Crippen molar-refractivity contribution in [2.75, 3.05) is 7.11 Å². The van der Waals surface area contributed by atoms with Gasteiger partial charge in [0, 0.05) is 11.6 Å². The van der Waals surface area contributed by atoms with Crippen molar-refractivity contribution in [1.29, 1.82) is 0 Å². The van der Waals surface area contributed by atoms with E-state index in [0.717, 1.165) is 6.07 Å². The van der Waals surface area contributed by atoms with Gasteiger partial charge in [-0.2, -0.15) is 8.78 Å². The number of rotatable bonds is 8. The predicted octanol–water partition coefficient (Wildman–Crippen LogP) is 5.46. The monoisotopic (exact) mass is 450 g/mol. The van der Waals surface area contributed by atoms with Crippen molar-refractivity contribution in [1.82, 2.24) is 10.2 Å². The summed E-state index contributed by atoms with van der Waals surface area (Å²) in [5.41, 5.74) is 0.407. The van der Waals surface area contributed by atoms with E-state index in [1.54, 1.807) is 12.1 Å². The minimum atomic E-state index is -3.00. The molecule has 0 radical (unpaired) electrons.